The van der Waals surface area contributed by atoms with Gasteiger partial charge in [-0.2, -0.15) is 0 Å². The molecular weight excluding hydrogens is 252 g/mol. The molecule has 20 heavy (non-hydrogen) atoms. The molecule has 0 aliphatic rings. The van der Waals surface area contributed by atoms with E-state index in [1.165, 1.54) is 0 Å². The van der Waals surface area contributed by atoms with Crippen LogP contribution in [0.5, 0.6) is 0 Å². The van der Waals surface area contributed by atoms with Gasteiger partial charge in [0.05, 0.1) is 5.92 Å². The van der Waals surface area contributed by atoms with Crippen LogP contribution in [0.15, 0.2) is 18.3 Å². The number of hydrogen-bond acceptors (Lipinski definition) is 4. The van der Waals surface area contributed by atoms with Crippen LogP contribution in [0.1, 0.15) is 25.8 Å². The highest BCUT2D eigenvalue weighted by atomic mass is 16.1. The molecule has 1 amide bonds. The summed E-state index contributed by atoms with van der Waals surface area (Å²) in [5.41, 5.74) is 1.16. The monoisotopic (exact) mass is 278 g/mol. The lowest BCUT2D eigenvalue weighted by atomic mass is 10.1. The maximum absolute atomic E-state index is 11.6. The Morgan fingerprint density at radius 3 is 2.90 bits per heavy atom. The van der Waals surface area contributed by atoms with Gasteiger partial charge in [-0.15, -0.1) is 0 Å². The van der Waals surface area contributed by atoms with E-state index < -0.39 is 0 Å². The Bertz CT molecular complexity index is 422. The van der Waals surface area contributed by atoms with Crippen LogP contribution in [0.2, 0.25) is 0 Å². The summed E-state index contributed by atoms with van der Waals surface area (Å²) in [6.07, 6.45) is 2.90. The average Bonchev–Trinajstić information content (AvgIpc) is 2.47. The van der Waals surface area contributed by atoms with E-state index in [1.807, 2.05) is 24.9 Å². The van der Waals surface area contributed by atoms with Crippen LogP contribution in [-0.4, -0.2) is 38.1 Å². The highest BCUT2D eigenvalue weighted by molar-refractivity contribution is 5.78. The zero-order chi connectivity index (χ0) is 15.0. The third-order valence-corrected chi connectivity index (χ3v) is 3.21. The van der Waals surface area contributed by atoms with Crippen molar-refractivity contribution < 1.29 is 4.79 Å². The SMILES string of the molecule is CCCNCc1cccnc1N(C)CC(C)C(=O)NC. The number of carbonyl (C=O) groups is 1. The maximum atomic E-state index is 11.6. The predicted molar refractivity (Wildman–Crippen MR) is 82.7 cm³/mol. The van der Waals surface area contributed by atoms with Crippen LogP contribution in [0.25, 0.3) is 0 Å². The number of nitrogens with one attached hydrogen (secondary N) is 2. The quantitative estimate of drug-likeness (QED) is 0.706. The van der Waals surface area contributed by atoms with Crippen molar-refractivity contribution in [3.8, 4) is 0 Å². The number of aromatic nitrogens is 1. The molecule has 1 atom stereocenters. The number of amides is 1. The second-order valence-corrected chi connectivity index (χ2v) is 5.06. The molecule has 1 aromatic rings. The number of rotatable bonds is 8. The van der Waals surface area contributed by atoms with Gasteiger partial charge in [-0.25, -0.2) is 4.98 Å². The summed E-state index contributed by atoms with van der Waals surface area (Å²) in [6, 6.07) is 4.02. The Morgan fingerprint density at radius 1 is 1.50 bits per heavy atom. The molecule has 0 aromatic carbocycles. The summed E-state index contributed by atoms with van der Waals surface area (Å²) < 4.78 is 0. The number of carbonyl (C=O) groups excluding carboxylic acids is 1. The number of nitrogens with zero attached hydrogens (tertiary/aromatic N) is 2. The fourth-order valence-electron chi connectivity index (χ4n) is 2.14. The van der Waals surface area contributed by atoms with Crippen molar-refractivity contribution in [2.75, 3.05) is 32.1 Å². The van der Waals surface area contributed by atoms with Gasteiger partial charge in [-0.05, 0) is 19.0 Å². The molecule has 2 N–H and O–H groups in total. The molecule has 0 aliphatic carbocycles. The Hall–Kier alpha value is -1.62. The molecule has 112 valence electrons. The molecule has 0 bridgehead atoms. The Kier molecular flexibility index (Phi) is 7.01. The lowest BCUT2D eigenvalue weighted by Gasteiger charge is -2.24. The summed E-state index contributed by atoms with van der Waals surface area (Å²) in [4.78, 5) is 18.1. The topological polar surface area (TPSA) is 57.3 Å². The van der Waals surface area contributed by atoms with Crippen molar-refractivity contribution in [3.05, 3.63) is 23.9 Å². The van der Waals surface area contributed by atoms with Crippen LogP contribution in [0, 0.1) is 5.92 Å². The molecule has 5 heteroatoms. The second-order valence-electron chi connectivity index (χ2n) is 5.06. The Morgan fingerprint density at radius 2 is 2.25 bits per heavy atom. The highest BCUT2D eigenvalue weighted by Crippen LogP contribution is 2.16. The van der Waals surface area contributed by atoms with Gasteiger partial charge in [0.25, 0.3) is 0 Å². The van der Waals surface area contributed by atoms with Crippen LogP contribution in [0.3, 0.4) is 0 Å². The normalized spacial score (nSPS) is 12.0. The summed E-state index contributed by atoms with van der Waals surface area (Å²) in [5.74, 6) is 0.925. The minimum absolute atomic E-state index is 0.0541. The van der Waals surface area contributed by atoms with Gasteiger partial charge in [0.1, 0.15) is 5.82 Å². The molecule has 0 saturated carbocycles. The summed E-state index contributed by atoms with van der Waals surface area (Å²) in [5, 5.41) is 6.07. The number of anilines is 1. The van der Waals surface area contributed by atoms with Crippen LogP contribution >= 0.6 is 0 Å². The Balaban J connectivity index is 2.71. The molecule has 0 spiro atoms. The minimum atomic E-state index is -0.0662. The lowest BCUT2D eigenvalue weighted by Crippen LogP contribution is -2.35. The third-order valence-electron chi connectivity index (χ3n) is 3.21. The van der Waals surface area contributed by atoms with E-state index in [2.05, 4.69) is 28.6 Å². The molecule has 1 aromatic heterocycles. The smallest absolute Gasteiger partial charge is 0.224 e. The molecule has 1 unspecified atom stereocenters. The molecule has 1 heterocycles. The molecular formula is C15H26N4O. The summed E-state index contributed by atoms with van der Waals surface area (Å²) >= 11 is 0. The second kappa shape index (κ2) is 8.53. The van der Waals surface area contributed by atoms with Gasteiger partial charge in [0, 0.05) is 38.9 Å². The van der Waals surface area contributed by atoms with Crippen molar-refractivity contribution in [1.29, 1.82) is 0 Å². The average molecular weight is 278 g/mol. The van der Waals surface area contributed by atoms with Crippen molar-refractivity contribution in [2.24, 2.45) is 5.92 Å². The largest absolute Gasteiger partial charge is 0.359 e. The van der Waals surface area contributed by atoms with E-state index in [0.717, 1.165) is 30.9 Å². The van der Waals surface area contributed by atoms with E-state index >= 15 is 0 Å². The van der Waals surface area contributed by atoms with Crippen LogP contribution in [-0.2, 0) is 11.3 Å². The van der Waals surface area contributed by atoms with Crippen molar-refractivity contribution in [2.45, 2.75) is 26.8 Å². The summed E-state index contributed by atoms with van der Waals surface area (Å²) in [6.45, 7) is 6.52. The lowest BCUT2D eigenvalue weighted by molar-refractivity contribution is -0.123. The van der Waals surface area contributed by atoms with Crippen molar-refractivity contribution >= 4 is 11.7 Å². The van der Waals surface area contributed by atoms with E-state index in [-0.39, 0.29) is 11.8 Å². The van der Waals surface area contributed by atoms with E-state index in [4.69, 9.17) is 0 Å². The summed E-state index contributed by atoms with van der Waals surface area (Å²) in [7, 11) is 3.64. The first kappa shape index (κ1) is 16.4. The molecule has 0 radical (unpaired) electrons. The fraction of sp³-hybridized carbons (Fsp3) is 0.600. The predicted octanol–water partition coefficient (Wildman–Crippen LogP) is 1.40. The van der Waals surface area contributed by atoms with E-state index in [9.17, 15) is 4.79 Å². The number of hydrogen-bond donors (Lipinski definition) is 2. The molecule has 1 rings (SSSR count). The molecule has 5 nitrogen and oxygen atoms in total. The Labute approximate surface area is 121 Å². The molecule has 0 aliphatic heterocycles. The zero-order valence-corrected chi connectivity index (χ0v) is 12.9. The van der Waals surface area contributed by atoms with Crippen LogP contribution in [0.4, 0.5) is 5.82 Å². The fourth-order valence-corrected chi connectivity index (χ4v) is 2.14. The molecule has 0 saturated heterocycles. The maximum Gasteiger partial charge on any atom is 0.224 e. The van der Waals surface area contributed by atoms with E-state index in [1.54, 1.807) is 13.2 Å². The standard InChI is InChI=1S/C15H26N4O/c1-5-8-17-10-13-7-6-9-18-14(13)19(4)11-12(2)15(20)16-3/h6-7,9,12,17H,5,8,10-11H2,1-4H3,(H,16,20). The van der Waals surface area contributed by atoms with Gasteiger partial charge in [0.2, 0.25) is 5.91 Å². The van der Waals surface area contributed by atoms with Gasteiger partial charge >= 0.3 is 0 Å². The van der Waals surface area contributed by atoms with Crippen molar-refractivity contribution in [3.63, 3.8) is 0 Å². The first-order valence-electron chi connectivity index (χ1n) is 7.17. The highest BCUT2D eigenvalue weighted by Gasteiger charge is 2.16. The number of pyridine rings is 1. The van der Waals surface area contributed by atoms with Gasteiger partial charge in [0.15, 0.2) is 0 Å². The molecule has 0 fully saturated rings. The van der Waals surface area contributed by atoms with Crippen LogP contribution < -0.4 is 15.5 Å². The van der Waals surface area contributed by atoms with Crippen molar-refractivity contribution in [1.82, 2.24) is 15.6 Å². The van der Waals surface area contributed by atoms with Gasteiger partial charge in [-0.1, -0.05) is 19.9 Å². The zero-order valence-electron chi connectivity index (χ0n) is 12.9. The minimum Gasteiger partial charge on any atom is -0.359 e. The third kappa shape index (κ3) is 4.81. The van der Waals surface area contributed by atoms with Gasteiger partial charge in [-0.3, -0.25) is 4.79 Å². The van der Waals surface area contributed by atoms with E-state index in [0.29, 0.717) is 6.54 Å². The van der Waals surface area contributed by atoms with Gasteiger partial charge < -0.3 is 15.5 Å². The first-order chi connectivity index (χ1) is 9.60. The first-order valence-corrected chi connectivity index (χ1v) is 7.17.